The molecule has 0 aromatic heterocycles. The molecule has 0 saturated heterocycles. The van der Waals surface area contributed by atoms with Gasteiger partial charge in [-0.3, -0.25) is 0 Å². The van der Waals surface area contributed by atoms with Gasteiger partial charge in [-0.25, -0.2) is 4.39 Å². The molecule has 2 heteroatoms. The van der Waals surface area contributed by atoms with Crippen LogP contribution in [0.4, 0.5) is 4.39 Å². The van der Waals surface area contributed by atoms with Gasteiger partial charge in [0.25, 0.3) is 0 Å². The first-order valence-corrected chi connectivity index (χ1v) is 6.17. The summed E-state index contributed by atoms with van der Waals surface area (Å²) in [5, 5.41) is 0. The highest BCUT2D eigenvalue weighted by Crippen LogP contribution is 2.38. The lowest BCUT2D eigenvalue weighted by Gasteiger charge is -2.36. The molecule has 0 bridgehead atoms. The molecule has 0 amide bonds. The molecule has 82 valence electrons. The molecule has 0 heterocycles. The number of hydrogen-bond donors (Lipinski definition) is 1. The summed E-state index contributed by atoms with van der Waals surface area (Å²) in [6.07, 6.45) is 8.89. The zero-order valence-electron chi connectivity index (χ0n) is 8.92. The van der Waals surface area contributed by atoms with Crippen LogP contribution in [0.3, 0.4) is 0 Å². The summed E-state index contributed by atoms with van der Waals surface area (Å²) >= 11 is 0. The van der Waals surface area contributed by atoms with Crippen molar-refractivity contribution in [1.29, 1.82) is 0 Å². The lowest BCUT2D eigenvalue weighted by molar-refractivity contribution is 0.115. The van der Waals surface area contributed by atoms with Gasteiger partial charge in [0, 0.05) is 6.04 Å². The van der Waals surface area contributed by atoms with Crippen LogP contribution >= 0.6 is 0 Å². The van der Waals surface area contributed by atoms with Crippen molar-refractivity contribution in [2.75, 3.05) is 0 Å². The second-order valence-corrected chi connectivity index (χ2v) is 5.15. The molecule has 2 aliphatic rings. The minimum Gasteiger partial charge on any atom is -0.325 e. The Kier molecular flexibility index (Phi) is 3.42. The summed E-state index contributed by atoms with van der Waals surface area (Å²) in [5.41, 5.74) is 5.70. The van der Waals surface area contributed by atoms with Crippen molar-refractivity contribution in [2.24, 2.45) is 17.6 Å². The summed E-state index contributed by atoms with van der Waals surface area (Å²) in [6.45, 7) is 0. The van der Waals surface area contributed by atoms with Crippen molar-refractivity contribution in [3.63, 3.8) is 0 Å². The van der Waals surface area contributed by atoms with Crippen molar-refractivity contribution in [3.8, 4) is 0 Å². The normalized spacial score (nSPS) is 41.1. The monoisotopic (exact) mass is 199 g/mol. The van der Waals surface area contributed by atoms with Crippen molar-refractivity contribution >= 4 is 0 Å². The number of rotatable bonds is 1. The van der Waals surface area contributed by atoms with E-state index < -0.39 is 6.17 Å². The summed E-state index contributed by atoms with van der Waals surface area (Å²) in [7, 11) is 0. The molecule has 0 aromatic rings. The van der Waals surface area contributed by atoms with Crippen LogP contribution < -0.4 is 5.73 Å². The van der Waals surface area contributed by atoms with E-state index in [4.69, 9.17) is 5.73 Å². The Labute approximate surface area is 86.2 Å². The molecule has 2 fully saturated rings. The Morgan fingerprint density at radius 2 is 1.57 bits per heavy atom. The SMILES string of the molecule is NC1CCC(C2CCCCC2)CC1F. The molecule has 2 N–H and O–H groups in total. The predicted molar refractivity (Wildman–Crippen MR) is 56.8 cm³/mol. The maximum Gasteiger partial charge on any atom is 0.115 e. The van der Waals surface area contributed by atoms with Crippen LogP contribution in [0.2, 0.25) is 0 Å². The van der Waals surface area contributed by atoms with E-state index in [-0.39, 0.29) is 6.04 Å². The average molecular weight is 199 g/mol. The third-order valence-corrected chi connectivity index (χ3v) is 4.18. The predicted octanol–water partition coefficient (Wildman–Crippen LogP) is 3.03. The van der Waals surface area contributed by atoms with Crippen LogP contribution in [0.5, 0.6) is 0 Å². The largest absolute Gasteiger partial charge is 0.325 e. The van der Waals surface area contributed by atoms with E-state index in [0.29, 0.717) is 5.92 Å². The average Bonchev–Trinajstić information content (AvgIpc) is 2.23. The van der Waals surface area contributed by atoms with Crippen LogP contribution in [0, 0.1) is 11.8 Å². The fraction of sp³-hybridized carbons (Fsp3) is 1.00. The highest BCUT2D eigenvalue weighted by molar-refractivity contribution is 4.86. The van der Waals surface area contributed by atoms with Crippen molar-refractivity contribution in [3.05, 3.63) is 0 Å². The van der Waals surface area contributed by atoms with E-state index in [9.17, 15) is 4.39 Å². The molecule has 2 aliphatic carbocycles. The van der Waals surface area contributed by atoms with Gasteiger partial charge >= 0.3 is 0 Å². The van der Waals surface area contributed by atoms with E-state index in [1.54, 1.807) is 0 Å². The van der Waals surface area contributed by atoms with Crippen LogP contribution in [0.15, 0.2) is 0 Å². The Balaban J connectivity index is 1.85. The molecule has 14 heavy (non-hydrogen) atoms. The molecular weight excluding hydrogens is 177 g/mol. The number of alkyl halides is 1. The fourth-order valence-electron chi connectivity index (χ4n) is 3.20. The zero-order valence-corrected chi connectivity index (χ0v) is 8.92. The third kappa shape index (κ3) is 2.28. The van der Waals surface area contributed by atoms with Crippen molar-refractivity contribution < 1.29 is 4.39 Å². The van der Waals surface area contributed by atoms with E-state index in [2.05, 4.69) is 0 Å². The summed E-state index contributed by atoms with van der Waals surface area (Å²) in [4.78, 5) is 0. The first-order chi connectivity index (χ1) is 6.77. The molecule has 2 rings (SSSR count). The van der Waals surface area contributed by atoms with Gasteiger partial charge in [0.15, 0.2) is 0 Å². The Bertz CT molecular complexity index is 177. The van der Waals surface area contributed by atoms with Gasteiger partial charge in [-0.1, -0.05) is 32.1 Å². The van der Waals surface area contributed by atoms with Crippen LogP contribution in [0.1, 0.15) is 51.4 Å². The van der Waals surface area contributed by atoms with Crippen molar-refractivity contribution in [1.82, 2.24) is 0 Å². The van der Waals surface area contributed by atoms with Crippen LogP contribution in [-0.4, -0.2) is 12.2 Å². The molecular formula is C12H22FN. The lowest BCUT2D eigenvalue weighted by Crippen LogP contribution is -2.39. The van der Waals surface area contributed by atoms with Gasteiger partial charge in [0.2, 0.25) is 0 Å². The summed E-state index contributed by atoms with van der Waals surface area (Å²) in [5.74, 6) is 1.46. The van der Waals surface area contributed by atoms with Gasteiger partial charge in [-0.05, 0) is 31.1 Å². The maximum atomic E-state index is 13.5. The smallest absolute Gasteiger partial charge is 0.115 e. The first kappa shape index (κ1) is 10.4. The van der Waals surface area contributed by atoms with Crippen LogP contribution in [0.25, 0.3) is 0 Å². The number of hydrogen-bond acceptors (Lipinski definition) is 1. The van der Waals surface area contributed by atoms with E-state index >= 15 is 0 Å². The highest BCUT2D eigenvalue weighted by Gasteiger charge is 2.32. The van der Waals surface area contributed by atoms with Crippen molar-refractivity contribution in [2.45, 2.75) is 63.6 Å². The summed E-state index contributed by atoms with van der Waals surface area (Å²) < 4.78 is 13.5. The quantitative estimate of drug-likeness (QED) is 0.690. The maximum absolute atomic E-state index is 13.5. The van der Waals surface area contributed by atoms with Gasteiger partial charge in [-0.2, -0.15) is 0 Å². The molecule has 1 nitrogen and oxygen atoms in total. The second-order valence-electron chi connectivity index (χ2n) is 5.15. The summed E-state index contributed by atoms with van der Waals surface area (Å²) in [6, 6.07) is -0.171. The molecule has 0 radical (unpaired) electrons. The Hall–Kier alpha value is -0.110. The number of halogens is 1. The third-order valence-electron chi connectivity index (χ3n) is 4.18. The zero-order chi connectivity index (χ0) is 9.97. The van der Waals surface area contributed by atoms with Gasteiger partial charge in [0.05, 0.1) is 0 Å². The van der Waals surface area contributed by atoms with Crippen LogP contribution in [-0.2, 0) is 0 Å². The topological polar surface area (TPSA) is 26.0 Å². The minimum atomic E-state index is -0.726. The lowest BCUT2D eigenvalue weighted by atomic mass is 9.72. The molecule has 0 aromatic carbocycles. The second kappa shape index (κ2) is 4.61. The molecule has 3 unspecified atom stereocenters. The fourth-order valence-corrected chi connectivity index (χ4v) is 3.20. The standard InChI is InChI=1S/C12H22FN/c13-11-8-10(6-7-12(11)14)9-4-2-1-3-5-9/h9-12H,1-8,14H2. The Morgan fingerprint density at radius 3 is 2.21 bits per heavy atom. The van der Waals surface area contributed by atoms with E-state index in [0.717, 1.165) is 18.8 Å². The van der Waals surface area contributed by atoms with Gasteiger partial charge < -0.3 is 5.73 Å². The van der Waals surface area contributed by atoms with Gasteiger partial charge in [0.1, 0.15) is 6.17 Å². The molecule has 2 saturated carbocycles. The Morgan fingerprint density at radius 1 is 0.857 bits per heavy atom. The molecule has 0 aliphatic heterocycles. The van der Waals surface area contributed by atoms with Gasteiger partial charge in [-0.15, -0.1) is 0 Å². The van der Waals surface area contributed by atoms with E-state index in [1.807, 2.05) is 0 Å². The first-order valence-electron chi connectivity index (χ1n) is 6.17. The number of nitrogens with two attached hydrogens (primary N) is 1. The van der Waals surface area contributed by atoms with E-state index in [1.165, 1.54) is 38.5 Å². The molecule has 3 atom stereocenters. The molecule has 0 spiro atoms. The highest BCUT2D eigenvalue weighted by atomic mass is 19.1. The minimum absolute atomic E-state index is 0.171.